The van der Waals surface area contributed by atoms with Crippen molar-refractivity contribution >= 4 is 15.7 Å². The minimum Gasteiger partial charge on any atom is -0.487 e. The molecular formula is C24H28F2N2O4S. The van der Waals surface area contributed by atoms with Crippen molar-refractivity contribution < 1.29 is 26.7 Å². The molecule has 1 saturated heterocycles. The lowest BCUT2D eigenvalue weighted by Gasteiger charge is -2.22. The van der Waals surface area contributed by atoms with Crippen LogP contribution in [0.1, 0.15) is 24.0 Å². The van der Waals surface area contributed by atoms with Gasteiger partial charge in [-0.1, -0.05) is 6.07 Å². The molecule has 2 aliphatic rings. The Kier molecular flexibility index (Phi) is 6.72. The largest absolute Gasteiger partial charge is 0.487 e. The Morgan fingerprint density at radius 1 is 1.24 bits per heavy atom. The number of aryl methyl sites for hydroxylation is 1. The molecule has 2 atom stereocenters. The number of amides is 1. The third kappa shape index (κ3) is 5.52. The average Bonchev–Trinajstić information content (AvgIpc) is 3.34. The number of carbonyl (C=O) groups is 1. The molecule has 0 aromatic heterocycles. The molecule has 0 radical (unpaired) electrons. The van der Waals surface area contributed by atoms with Gasteiger partial charge in [-0.15, -0.1) is 0 Å². The summed E-state index contributed by atoms with van der Waals surface area (Å²) in [5.74, 6) is 0.0377. The van der Waals surface area contributed by atoms with E-state index in [-0.39, 0.29) is 48.3 Å². The minimum atomic E-state index is -2.96. The quantitative estimate of drug-likeness (QED) is 0.663. The maximum Gasteiger partial charge on any atom is 0.221 e. The van der Waals surface area contributed by atoms with Gasteiger partial charge in [0, 0.05) is 36.6 Å². The lowest BCUT2D eigenvalue weighted by atomic mass is 9.99. The van der Waals surface area contributed by atoms with Crippen molar-refractivity contribution in [3.8, 4) is 16.9 Å². The van der Waals surface area contributed by atoms with Crippen molar-refractivity contribution in [2.75, 3.05) is 31.6 Å². The predicted octanol–water partition coefficient (Wildman–Crippen LogP) is 2.87. The molecule has 1 amide bonds. The molecule has 178 valence electrons. The minimum absolute atomic E-state index is 0.0427. The highest BCUT2D eigenvalue weighted by Gasteiger charge is 2.31. The van der Waals surface area contributed by atoms with Crippen molar-refractivity contribution in [2.24, 2.45) is 0 Å². The molecule has 1 N–H and O–H groups in total. The van der Waals surface area contributed by atoms with Gasteiger partial charge in [0.1, 0.15) is 23.5 Å². The van der Waals surface area contributed by atoms with Crippen molar-refractivity contribution in [1.29, 1.82) is 0 Å². The molecule has 4 rings (SSSR count). The lowest BCUT2D eigenvalue weighted by Crippen LogP contribution is -2.38. The number of hydrogen-bond acceptors (Lipinski definition) is 5. The second kappa shape index (κ2) is 9.38. The number of fused-ring (bicyclic) bond motifs is 1. The second-order valence-corrected chi connectivity index (χ2v) is 11.2. The van der Waals surface area contributed by atoms with Gasteiger partial charge in [-0.05, 0) is 55.8 Å². The van der Waals surface area contributed by atoms with E-state index in [1.807, 2.05) is 11.9 Å². The predicted molar refractivity (Wildman–Crippen MR) is 122 cm³/mol. The molecular weight excluding hydrogens is 450 g/mol. The molecule has 1 fully saturated rings. The standard InChI is InChI=1S/C24H28F2N2O4S/c1-15-9-16(3-4-22(15)26)21-12-18(25)10-17-11-20(32-24(17)21)13-27-23(29)5-7-28(2)19-6-8-33(30,31)14-19/h3-4,9-10,12,19-20H,5-8,11,13-14H2,1-2H3,(H,27,29)/t19-,20-/m0/s1. The summed E-state index contributed by atoms with van der Waals surface area (Å²) in [6.07, 6.45) is 0.979. The molecule has 2 aromatic carbocycles. The normalized spacial score (nSPS) is 21.1. The molecule has 33 heavy (non-hydrogen) atoms. The van der Waals surface area contributed by atoms with Crippen molar-refractivity contribution in [3.63, 3.8) is 0 Å². The van der Waals surface area contributed by atoms with E-state index >= 15 is 0 Å². The summed E-state index contributed by atoms with van der Waals surface area (Å²) in [6.45, 7) is 2.40. The van der Waals surface area contributed by atoms with Crippen molar-refractivity contribution in [3.05, 3.63) is 53.1 Å². The fraction of sp³-hybridized carbons (Fsp3) is 0.458. The van der Waals surface area contributed by atoms with Gasteiger partial charge >= 0.3 is 0 Å². The Labute approximate surface area is 192 Å². The molecule has 0 bridgehead atoms. The van der Waals surface area contributed by atoms with Crippen LogP contribution in [-0.4, -0.2) is 63.0 Å². The molecule has 9 heteroatoms. The van der Waals surface area contributed by atoms with E-state index < -0.39 is 15.7 Å². The summed E-state index contributed by atoms with van der Waals surface area (Å²) in [7, 11) is -1.13. The van der Waals surface area contributed by atoms with Crippen LogP contribution in [0.4, 0.5) is 8.78 Å². The van der Waals surface area contributed by atoms with Gasteiger partial charge in [-0.25, -0.2) is 17.2 Å². The Morgan fingerprint density at radius 2 is 2.03 bits per heavy atom. The summed E-state index contributed by atoms with van der Waals surface area (Å²) >= 11 is 0. The van der Waals surface area contributed by atoms with E-state index in [4.69, 9.17) is 4.74 Å². The maximum atomic E-state index is 14.2. The van der Waals surface area contributed by atoms with Crippen LogP contribution < -0.4 is 10.1 Å². The second-order valence-electron chi connectivity index (χ2n) is 8.94. The molecule has 0 aliphatic carbocycles. The van der Waals surface area contributed by atoms with Crippen LogP contribution >= 0.6 is 0 Å². The monoisotopic (exact) mass is 478 g/mol. The first-order valence-corrected chi connectivity index (χ1v) is 12.9. The summed E-state index contributed by atoms with van der Waals surface area (Å²) < 4.78 is 57.2. The number of halogens is 2. The van der Waals surface area contributed by atoms with E-state index in [1.54, 1.807) is 19.1 Å². The van der Waals surface area contributed by atoms with Crippen LogP contribution in [0, 0.1) is 18.6 Å². The zero-order valence-corrected chi connectivity index (χ0v) is 19.6. The molecule has 0 saturated carbocycles. The fourth-order valence-corrected chi connectivity index (χ4v) is 6.24. The highest BCUT2D eigenvalue weighted by Crippen LogP contribution is 2.40. The van der Waals surface area contributed by atoms with E-state index in [9.17, 15) is 22.0 Å². The highest BCUT2D eigenvalue weighted by molar-refractivity contribution is 7.91. The Morgan fingerprint density at radius 3 is 2.73 bits per heavy atom. The molecule has 2 aliphatic heterocycles. The summed E-state index contributed by atoms with van der Waals surface area (Å²) in [5.41, 5.74) is 2.42. The molecule has 2 heterocycles. The SMILES string of the molecule is Cc1cc(-c2cc(F)cc3c2O[C@H](CNC(=O)CCN(C)[C@H]2CCS(=O)(=O)C2)C3)ccc1F. The summed E-state index contributed by atoms with van der Waals surface area (Å²) in [6, 6.07) is 7.38. The number of hydrogen-bond donors (Lipinski definition) is 1. The van der Waals surface area contributed by atoms with E-state index in [1.165, 1.54) is 18.2 Å². The fourth-order valence-electron chi connectivity index (χ4n) is 4.43. The lowest BCUT2D eigenvalue weighted by molar-refractivity contribution is -0.121. The first-order valence-electron chi connectivity index (χ1n) is 11.0. The van der Waals surface area contributed by atoms with Gasteiger partial charge in [-0.2, -0.15) is 0 Å². The van der Waals surface area contributed by atoms with Gasteiger partial charge < -0.3 is 15.0 Å². The van der Waals surface area contributed by atoms with Gasteiger partial charge in [0.05, 0.1) is 18.1 Å². The zero-order chi connectivity index (χ0) is 23.8. The number of nitrogens with one attached hydrogen (secondary N) is 1. The van der Waals surface area contributed by atoms with Crippen LogP contribution in [0.5, 0.6) is 5.75 Å². The van der Waals surface area contributed by atoms with E-state index in [2.05, 4.69) is 5.32 Å². The van der Waals surface area contributed by atoms with E-state index in [0.29, 0.717) is 47.4 Å². The van der Waals surface area contributed by atoms with Crippen LogP contribution in [0.15, 0.2) is 30.3 Å². The first kappa shape index (κ1) is 23.6. The smallest absolute Gasteiger partial charge is 0.221 e. The molecule has 2 aromatic rings. The molecule has 0 unspecified atom stereocenters. The summed E-state index contributed by atoms with van der Waals surface area (Å²) in [5, 5.41) is 2.86. The topological polar surface area (TPSA) is 75.7 Å². The third-order valence-electron chi connectivity index (χ3n) is 6.38. The summed E-state index contributed by atoms with van der Waals surface area (Å²) in [4.78, 5) is 14.2. The van der Waals surface area contributed by atoms with Gasteiger partial charge in [-0.3, -0.25) is 4.79 Å². The molecule has 0 spiro atoms. The van der Waals surface area contributed by atoms with Crippen LogP contribution in [0.2, 0.25) is 0 Å². The third-order valence-corrected chi connectivity index (χ3v) is 8.13. The van der Waals surface area contributed by atoms with Crippen LogP contribution in [0.3, 0.4) is 0 Å². The van der Waals surface area contributed by atoms with Crippen molar-refractivity contribution in [2.45, 2.75) is 38.3 Å². The van der Waals surface area contributed by atoms with Crippen LogP contribution in [0.25, 0.3) is 11.1 Å². The van der Waals surface area contributed by atoms with Crippen LogP contribution in [-0.2, 0) is 21.1 Å². The average molecular weight is 479 g/mol. The Balaban J connectivity index is 1.33. The first-order chi connectivity index (χ1) is 15.6. The number of carbonyl (C=O) groups excluding carboxylic acids is 1. The van der Waals surface area contributed by atoms with E-state index in [0.717, 1.165) is 0 Å². The van der Waals surface area contributed by atoms with Gasteiger partial charge in [0.25, 0.3) is 0 Å². The zero-order valence-electron chi connectivity index (χ0n) is 18.7. The van der Waals surface area contributed by atoms with Gasteiger partial charge in [0.2, 0.25) is 5.91 Å². The molecule has 6 nitrogen and oxygen atoms in total. The van der Waals surface area contributed by atoms with Gasteiger partial charge in [0.15, 0.2) is 9.84 Å². The number of benzene rings is 2. The number of rotatable bonds is 7. The maximum absolute atomic E-state index is 14.2. The number of sulfone groups is 1. The number of nitrogens with zero attached hydrogens (tertiary/aromatic N) is 1. The number of ether oxygens (including phenoxy) is 1. The van der Waals surface area contributed by atoms with Crippen molar-refractivity contribution in [1.82, 2.24) is 10.2 Å². The Bertz CT molecular complexity index is 1170. The Hall–Kier alpha value is -2.52. The highest BCUT2D eigenvalue weighted by atomic mass is 32.2.